The van der Waals surface area contributed by atoms with Crippen LogP contribution < -0.4 is 5.73 Å². The molecule has 0 aliphatic carbocycles. The summed E-state index contributed by atoms with van der Waals surface area (Å²) in [5.74, 6) is 0. The number of hydrogen-bond donors (Lipinski definition) is 1. The number of halogens is 2. The number of benzene rings is 1. The van der Waals surface area contributed by atoms with Gasteiger partial charge in [-0.15, -0.1) is 0 Å². The van der Waals surface area contributed by atoms with E-state index in [1.807, 2.05) is 24.3 Å². The summed E-state index contributed by atoms with van der Waals surface area (Å²) in [7, 11) is 0. The Morgan fingerprint density at radius 2 is 2.13 bits per heavy atom. The van der Waals surface area contributed by atoms with E-state index >= 15 is 0 Å². The molecule has 2 aromatic rings. The molecule has 0 spiro atoms. The van der Waals surface area contributed by atoms with Gasteiger partial charge in [0.2, 0.25) is 0 Å². The molecular formula is C11H9BrClNO. The van der Waals surface area contributed by atoms with E-state index in [4.69, 9.17) is 21.8 Å². The molecule has 1 aromatic carbocycles. The van der Waals surface area contributed by atoms with E-state index in [-0.39, 0.29) is 6.04 Å². The summed E-state index contributed by atoms with van der Waals surface area (Å²) >= 11 is 9.30. The molecule has 0 saturated carbocycles. The van der Waals surface area contributed by atoms with Gasteiger partial charge in [-0.25, -0.2) is 0 Å². The topological polar surface area (TPSA) is 39.2 Å². The van der Waals surface area contributed by atoms with Gasteiger partial charge in [-0.1, -0.05) is 33.6 Å². The molecule has 0 fully saturated rings. The monoisotopic (exact) mass is 285 g/mol. The molecule has 0 saturated heterocycles. The van der Waals surface area contributed by atoms with Crippen LogP contribution in [0.2, 0.25) is 5.02 Å². The Morgan fingerprint density at radius 1 is 1.33 bits per heavy atom. The molecule has 2 nitrogen and oxygen atoms in total. The molecule has 0 bridgehead atoms. The molecule has 0 radical (unpaired) electrons. The molecule has 1 unspecified atom stereocenters. The summed E-state index contributed by atoms with van der Waals surface area (Å²) in [5.41, 5.74) is 8.01. The lowest BCUT2D eigenvalue weighted by Crippen LogP contribution is -2.11. The van der Waals surface area contributed by atoms with Gasteiger partial charge in [0.05, 0.1) is 18.6 Å². The zero-order chi connectivity index (χ0) is 10.8. The van der Waals surface area contributed by atoms with Crippen LogP contribution in [0.4, 0.5) is 0 Å². The summed E-state index contributed by atoms with van der Waals surface area (Å²) in [4.78, 5) is 0. The lowest BCUT2D eigenvalue weighted by atomic mass is 10.0. The van der Waals surface area contributed by atoms with Gasteiger partial charge in [-0.3, -0.25) is 0 Å². The molecule has 0 aliphatic heterocycles. The Balaban J connectivity index is 2.38. The first-order valence-corrected chi connectivity index (χ1v) is 5.58. The standard InChI is InChI=1S/C11H9BrClNO/c12-10-5-8(13)1-2-9(10)11(14)7-3-4-15-6-7/h1-6,11H,14H2. The van der Waals surface area contributed by atoms with Crippen LogP contribution >= 0.6 is 27.5 Å². The number of furan rings is 1. The lowest BCUT2D eigenvalue weighted by Gasteiger charge is -2.12. The Bertz CT molecular complexity index is 456. The SMILES string of the molecule is NC(c1ccoc1)c1ccc(Cl)cc1Br. The predicted octanol–water partition coefficient (Wildman–Crippen LogP) is 3.74. The first-order valence-electron chi connectivity index (χ1n) is 4.41. The highest BCUT2D eigenvalue weighted by Gasteiger charge is 2.13. The van der Waals surface area contributed by atoms with Crippen molar-refractivity contribution in [3.63, 3.8) is 0 Å². The van der Waals surface area contributed by atoms with Crippen molar-refractivity contribution in [3.05, 3.63) is 57.4 Å². The smallest absolute Gasteiger partial charge is 0.0953 e. The van der Waals surface area contributed by atoms with E-state index in [0.29, 0.717) is 5.02 Å². The van der Waals surface area contributed by atoms with Crippen LogP contribution in [0.5, 0.6) is 0 Å². The molecule has 15 heavy (non-hydrogen) atoms. The largest absolute Gasteiger partial charge is 0.472 e. The van der Waals surface area contributed by atoms with Crippen LogP contribution in [0, 0.1) is 0 Å². The highest BCUT2D eigenvalue weighted by atomic mass is 79.9. The van der Waals surface area contributed by atoms with Gasteiger partial charge in [0, 0.05) is 15.1 Å². The van der Waals surface area contributed by atoms with E-state index in [0.717, 1.165) is 15.6 Å². The maximum absolute atomic E-state index is 6.08. The third kappa shape index (κ3) is 2.25. The van der Waals surface area contributed by atoms with Crippen LogP contribution in [0.3, 0.4) is 0 Å². The third-order valence-corrected chi connectivity index (χ3v) is 3.12. The highest BCUT2D eigenvalue weighted by molar-refractivity contribution is 9.10. The average molecular weight is 287 g/mol. The Labute approximate surface area is 101 Å². The van der Waals surface area contributed by atoms with Crippen LogP contribution in [-0.2, 0) is 0 Å². The molecule has 1 aromatic heterocycles. The summed E-state index contributed by atoms with van der Waals surface area (Å²) < 4.78 is 5.91. The van der Waals surface area contributed by atoms with Crippen LogP contribution in [-0.4, -0.2) is 0 Å². The van der Waals surface area contributed by atoms with E-state index in [1.165, 1.54) is 0 Å². The molecular weight excluding hydrogens is 277 g/mol. The van der Waals surface area contributed by atoms with Crippen molar-refractivity contribution in [2.45, 2.75) is 6.04 Å². The molecule has 0 aliphatic rings. The molecule has 78 valence electrons. The van der Waals surface area contributed by atoms with Gasteiger partial charge in [-0.2, -0.15) is 0 Å². The Morgan fingerprint density at radius 3 is 2.73 bits per heavy atom. The minimum atomic E-state index is -0.199. The molecule has 1 heterocycles. The normalized spacial score (nSPS) is 12.7. The van der Waals surface area contributed by atoms with Gasteiger partial charge in [0.1, 0.15) is 0 Å². The fourth-order valence-electron chi connectivity index (χ4n) is 1.39. The zero-order valence-electron chi connectivity index (χ0n) is 7.78. The number of hydrogen-bond acceptors (Lipinski definition) is 2. The van der Waals surface area contributed by atoms with Crippen molar-refractivity contribution < 1.29 is 4.42 Å². The van der Waals surface area contributed by atoms with Crippen molar-refractivity contribution in [1.82, 2.24) is 0 Å². The predicted molar refractivity (Wildman–Crippen MR) is 63.9 cm³/mol. The van der Waals surface area contributed by atoms with Crippen LogP contribution in [0.1, 0.15) is 17.2 Å². The second kappa shape index (κ2) is 4.39. The lowest BCUT2D eigenvalue weighted by molar-refractivity contribution is 0.562. The van der Waals surface area contributed by atoms with Crippen molar-refractivity contribution in [2.75, 3.05) is 0 Å². The maximum atomic E-state index is 6.08. The van der Waals surface area contributed by atoms with E-state index in [9.17, 15) is 0 Å². The van der Waals surface area contributed by atoms with Crippen LogP contribution in [0.15, 0.2) is 45.7 Å². The highest BCUT2D eigenvalue weighted by Crippen LogP contribution is 2.29. The van der Waals surface area contributed by atoms with Gasteiger partial charge in [-0.05, 0) is 23.8 Å². The first-order chi connectivity index (χ1) is 7.18. The fraction of sp³-hybridized carbons (Fsp3) is 0.0909. The van der Waals surface area contributed by atoms with E-state index in [2.05, 4.69) is 15.9 Å². The summed E-state index contributed by atoms with van der Waals surface area (Å²) in [6.45, 7) is 0. The van der Waals surface area contributed by atoms with Crippen molar-refractivity contribution in [3.8, 4) is 0 Å². The van der Waals surface area contributed by atoms with Crippen molar-refractivity contribution in [1.29, 1.82) is 0 Å². The van der Waals surface area contributed by atoms with E-state index < -0.39 is 0 Å². The number of rotatable bonds is 2. The van der Waals surface area contributed by atoms with E-state index in [1.54, 1.807) is 12.5 Å². The Hall–Kier alpha value is -0.770. The average Bonchev–Trinajstić information content (AvgIpc) is 2.69. The molecule has 1 atom stereocenters. The van der Waals surface area contributed by atoms with Crippen LogP contribution in [0.25, 0.3) is 0 Å². The second-order valence-corrected chi connectivity index (χ2v) is 4.49. The number of nitrogens with two attached hydrogens (primary N) is 1. The molecule has 0 amide bonds. The fourth-order valence-corrected chi connectivity index (χ4v) is 2.31. The summed E-state index contributed by atoms with van der Waals surface area (Å²) in [6, 6.07) is 7.21. The summed E-state index contributed by atoms with van der Waals surface area (Å²) in [5, 5.41) is 0.685. The quantitative estimate of drug-likeness (QED) is 0.913. The summed E-state index contributed by atoms with van der Waals surface area (Å²) in [6.07, 6.45) is 3.25. The molecule has 2 rings (SSSR count). The maximum Gasteiger partial charge on any atom is 0.0953 e. The Kier molecular flexibility index (Phi) is 3.14. The minimum Gasteiger partial charge on any atom is -0.472 e. The zero-order valence-corrected chi connectivity index (χ0v) is 10.1. The van der Waals surface area contributed by atoms with Crippen molar-refractivity contribution in [2.24, 2.45) is 5.73 Å². The van der Waals surface area contributed by atoms with Gasteiger partial charge < -0.3 is 10.2 Å². The second-order valence-electron chi connectivity index (χ2n) is 3.20. The van der Waals surface area contributed by atoms with Crippen molar-refractivity contribution >= 4 is 27.5 Å². The van der Waals surface area contributed by atoms with Gasteiger partial charge in [0.25, 0.3) is 0 Å². The molecule has 2 N–H and O–H groups in total. The third-order valence-electron chi connectivity index (χ3n) is 2.20. The van der Waals surface area contributed by atoms with Gasteiger partial charge in [0.15, 0.2) is 0 Å². The minimum absolute atomic E-state index is 0.199. The molecule has 4 heteroatoms. The first kappa shape index (κ1) is 10.7. The van der Waals surface area contributed by atoms with Gasteiger partial charge >= 0.3 is 0 Å².